The van der Waals surface area contributed by atoms with E-state index in [4.69, 9.17) is 0 Å². The topological polar surface area (TPSA) is 43.9 Å². The van der Waals surface area contributed by atoms with Gasteiger partial charge in [-0.05, 0) is 19.5 Å². The molecule has 0 aromatic heterocycles. The molecule has 122 valence electrons. The molecule has 0 amide bonds. The third kappa shape index (κ3) is 3.51. The van der Waals surface area contributed by atoms with E-state index >= 15 is 0 Å². The van der Waals surface area contributed by atoms with Gasteiger partial charge in [-0.15, -0.1) is 0 Å². The quantitative estimate of drug-likeness (QED) is 0.824. The molecule has 1 unspecified atom stereocenters. The van der Waals surface area contributed by atoms with E-state index in [2.05, 4.69) is 16.8 Å². The van der Waals surface area contributed by atoms with Gasteiger partial charge in [0.2, 0.25) is 10.0 Å². The number of aryl methyl sites for hydroxylation is 1. The SMILES string of the molecule is Cc1ccc(CN2CC(N3CCN(C)CC3)CS2(=O)=O)cc1. The molecular formula is C16H25N3O2S. The van der Waals surface area contributed by atoms with Crippen molar-refractivity contribution >= 4 is 10.0 Å². The van der Waals surface area contributed by atoms with Gasteiger partial charge in [0.15, 0.2) is 0 Å². The van der Waals surface area contributed by atoms with E-state index in [1.807, 2.05) is 31.2 Å². The Hall–Kier alpha value is -0.950. The molecule has 22 heavy (non-hydrogen) atoms. The van der Waals surface area contributed by atoms with Crippen LogP contribution in [0.1, 0.15) is 11.1 Å². The zero-order chi connectivity index (χ0) is 15.7. The maximum Gasteiger partial charge on any atom is 0.216 e. The van der Waals surface area contributed by atoms with E-state index in [-0.39, 0.29) is 11.8 Å². The van der Waals surface area contributed by atoms with Crippen molar-refractivity contribution < 1.29 is 8.42 Å². The van der Waals surface area contributed by atoms with E-state index in [9.17, 15) is 8.42 Å². The van der Waals surface area contributed by atoms with E-state index < -0.39 is 10.0 Å². The van der Waals surface area contributed by atoms with Gasteiger partial charge in [-0.1, -0.05) is 29.8 Å². The monoisotopic (exact) mass is 323 g/mol. The van der Waals surface area contributed by atoms with Crippen LogP contribution in [0.25, 0.3) is 0 Å². The fourth-order valence-electron chi connectivity index (χ4n) is 3.22. The molecule has 2 saturated heterocycles. The first-order valence-electron chi connectivity index (χ1n) is 7.90. The second-order valence-corrected chi connectivity index (χ2v) is 8.56. The summed E-state index contributed by atoms with van der Waals surface area (Å²) < 4.78 is 26.5. The lowest BCUT2D eigenvalue weighted by Crippen LogP contribution is -2.50. The summed E-state index contributed by atoms with van der Waals surface area (Å²) in [5, 5.41) is 0. The van der Waals surface area contributed by atoms with Gasteiger partial charge < -0.3 is 4.90 Å². The van der Waals surface area contributed by atoms with Crippen molar-refractivity contribution in [3.63, 3.8) is 0 Å². The Balaban J connectivity index is 1.66. The molecule has 1 aromatic carbocycles. The first-order chi connectivity index (χ1) is 10.4. The molecule has 0 radical (unpaired) electrons. The number of nitrogens with zero attached hydrogens (tertiary/aromatic N) is 3. The van der Waals surface area contributed by atoms with Crippen LogP contribution >= 0.6 is 0 Å². The fraction of sp³-hybridized carbons (Fsp3) is 0.625. The highest BCUT2D eigenvalue weighted by Gasteiger charge is 2.39. The Bertz CT molecular complexity index is 607. The van der Waals surface area contributed by atoms with Crippen LogP contribution in [0, 0.1) is 6.92 Å². The summed E-state index contributed by atoms with van der Waals surface area (Å²) in [5.41, 5.74) is 2.26. The van der Waals surface area contributed by atoms with Crippen LogP contribution in [0.15, 0.2) is 24.3 Å². The third-order valence-electron chi connectivity index (χ3n) is 4.74. The predicted molar refractivity (Wildman–Crippen MR) is 88.2 cm³/mol. The minimum atomic E-state index is -3.13. The van der Waals surface area contributed by atoms with Gasteiger partial charge in [0.1, 0.15) is 0 Å². The predicted octanol–water partition coefficient (Wildman–Crippen LogP) is 0.756. The van der Waals surface area contributed by atoms with E-state index in [1.54, 1.807) is 4.31 Å². The number of hydrogen-bond acceptors (Lipinski definition) is 4. The zero-order valence-electron chi connectivity index (χ0n) is 13.4. The lowest BCUT2D eigenvalue weighted by atomic mass is 10.1. The fourth-order valence-corrected chi connectivity index (χ4v) is 4.98. The molecular weight excluding hydrogens is 298 g/mol. The molecule has 2 heterocycles. The maximum absolute atomic E-state index is 12.4. The number of piperazine rings is 1. The van der Waals surface area contributed by atoms with Crippen LogP contribution < -0.4 is 0 Å². The molecule has 2 aliphatic heterocycles. The molecule has 1 atom stereocenters. The summed E-state index contributed by atoms with van der Waals surface area (Å²) in [7, 11) is -1.01. The average molecular weight is 323 g/mol. The van der Waals surface area contributed by atoms with Crippen LogP contribution in [-0.4, -0.2) is 74.1 Å². The zero-order valence-corrected chi connectivity index (χ0v) is 14.2. The van der Waals surface area contributed by atoms with Gasteiger partial charge in [-0.3, -0.25) is 4.90 Å². The van der Waals surface area contributed by atoms with Crippen LogP contribution in [0.3, 0.4) is 0 Å². The number of likely N-dealkylation sites (N-methyl/N-ethyl adjacent to an activating group) is 1. The minimum absolute atomic E-state index is 0.143. The standard InChI is InChI=1S/C16H25N3O2S/c1-14-3-5-15(6-4-14)11-19-12-16(13-22(19,20)21)18-9-7-17(2)8-10-18/h3-6,16H,7-13H2,1-2H3. The highest BCUT2D eigenvalue weighted by atomic mass is 32.2. The van der Waals surface area contributed by atoms with Gasteiger partial charge in [-0.2, -0.15) is 4.31 Å². The normalized spacial score (nSPS) is 27.3. The van der Waals surface area contributed by atoms with Crippen molar-refractivity contribution in [1.29, 1.82) is 0 Å². The number of rotatable bonds is 3. The summed E-state index contributed by atoms with van der Waals surface area (Å²) >= 11 is 0. The summed E-state index contributed by atoms with van der Waals surface area (Å²) in [6, 6.07) is 8.26. The molecule has 0 aliphatic carbocycles. The number of hydrogen-bond donors (Lipinski definition) is 0. The van der Waals surface area contributed by atoms with Gasteiger partial charge in [0.25, 0.3) is 0 Å². The second kappa shape index (κ2) is 6.28. The van der Waals surface area contributed by atoms with Crippen molar-refractivity contribution in [1.82, 2.24) is 14.1 Å². The van der Waals surface area contributed by atoms with Crippen molar-refractivity contribution in [2.24, 2.45) is 0 Å². The average Bonchev–Trinajstić information content (AvgIpc) is 2.77. The van der Waals surface area contributed by atoms with Crippen LogP contribution in [-0.2, 0) is 16.6 Å². The van der Waals surface area contributed by atoms with E-state index in [1.165, 1.54) is 5.56 Å². The lowest BCUT2D eigenvalue weighted by molar-refractivity contribution is 0.117. The van der Waals surface area contributed by atoms with Crippen molar-refractivity contribution in [2.45, 2.75) is 19.5 Å². The highest BCUT2D eigenvalue weighted by molar-refractivity contribution is 7.89. The van der Waals surface area contributed by atoms with Crippen LogP contribution in [0.5, 0.6) is 0 Å². The highest BCUT2D eigenvalue weighted by Crippen LogP contribution is 2.22. The Morgan fingerprint density at radius 3 is 2.36 bits per heavy atom. The molecule has 6 heteroatoms. The van der Waals surface area contributed by atoms with Gasteiger partial charge in [0.05, 0.1) is 5.75 Å². The Morgan fingerprint density at radius 2 is 1.73 bits per heavy atom. The molecule has 2 aliphatic rings. The number of benzene rings is 1. The third-order valence-corrected chi connectivity index (χ3v) is 6.62. The Morgan fingerprint density at radius 1 is 1.09 bits per heavy atom. The molecule has 2 fully saturated rings. The smallest absolute Gasteiger partial charge is 0.216 e. The van der Waals surface area contributed by atoms with Crippen LogP contribution in [0.2, 0.25) is 0 Å². The van der Waals surface area contributed by atoms with Gasteiger partial charge in [-0.25, -0.2) is 8.42 Å². The molecule has 0 bridgehead atoms. The molecule has 0 N–H and O–H groups in total. The van der Waals surface area contributed by atoms with Gasteiger partial charge in [0, 0.05) is 45.3 Å². The summed E-state index contributed by atoms with van der Waals surface area (Å²) in [5.74, 6) is 0.266. The van der Waals surface area contributed by atoms with Gasteiger partial charge >= 0.3 is 0 Å². The molecule has 3 rings (SSSR count). The van der Waals surface area contributed by atoms with Crippen molar-refractivity contribution in [3.05, 3.63) is 35.4 Å². The largest absolute Gasteiger partial charge is 0.304 e. The summed E-state index contributed by atoms with van der Waals surface area (Å²) in [6.45, 7) is 7.14. The Labute approximate surface area is 133 Å². The lowest BCUT2D eigenvalue weighted by Gasteiger charge is -2.35. The maximum atomic E-state index is 12.4. The number of sulfonamides is 1. The summed E-state index contributed by atoms with van der Waals surface area (Å²) in [6.07, 6.45) is 0. The minimum Gasteiger partial charge on any atom is -0.304 e. The molecule has 0 spiro atoms. The summed E-state index contributed by atoms with van der Waals surface area (Å²) in [4.78, 5) is 4.64. The molecule has 1 aromatic rings. The first-order valence-corrected chi connectivity index (χ1v) is 9.51. The first kappa shape index (κ1) is 15.9. The van der Waals surface area contributed by atoms with Crippen molar-refractivity contribution in [2.75, 3.05) is 45.5 Å². The van der Waals surface area contributed by atoms with Crippen LogP contribution in [0.4, 0.5) is 0 Å². The Kier molecular flexibility index (Phi) is 4.54. The van der Waals surface area contributed by atoms with E-state index in [0.717, 1.165) is 31.7 Å². The van der Waals surface area contributed by atoms with E-state index in [0.29, 0.717) is 13.1 Å². The van der Waals surface area contributed by atoms with Crippen molar-refractivity contribution in [3.8, 4) is 0 Å². The second-order valence-electron chi connectivity index (χ2n) is 6.55. The molecule has 0 saturated carbocycles. The molecule has 5 nitrogen and oxygen atoms in total.